The second-order valence-corrected chi connectivity index (χ2v) is 4.80. The maximum Gasteiger partial charge on any atom is 0.182 e. The van der Waals surface area contributed by atoms with E-state index in [0.717, 1.165) is 22.7 Å². The van der Waals surface area contributed by atoms with Crippen LogP contribution < -0.4 is 0 Å². The molecule has 19 heavy (non-hydrogen) atoms. The largest absolute Gasteiger partial charge is 0.330 e. The number of nitrogens with zero attached hydrogens (tertiary/aromatic N) is 1. The molecule has 0 saturated heterocycles. The highest BCUT2D eigenvalue weighted by Gasteiger charge is 2.09. The molecule has 0 bridgehead atoms. The Labute approximate surface area is 113 Å². The second kappa shape index (κ2) is 4.28. The van der Waals surface area contributed by atoms with E-state index in [-0.39, 0.29) is 0 Å². The fourth-order valence-electron chi connectivity index (χ4n) is 2.15. The van der Waals surface area contributed by atoms with E-state index >= 15 is 0 Å². The summed E-state index contributed by atoms with van der Waals surface area (Å²) in [6, 6.07) is 9.10. The highest BCUT2D eigenvalue weighted by atomic mass is 32.1. The highest BCUT2D eigenvalue weighted by molar-refractivity contribution is 7.71. The third kappa shape index (κ3) is 2.06. The van der Waals surface area contributed by atoms with Crippen molar-refractivity contribution in [1.29, 1.82) is 0 Å². The zero-order valence-corrected chi connectivity index (χ0v) is 10.9. The van der Waals surface area contributed by atoms with Crippen LogP contribution in [0.1, 0.15) is 5.56 Å². The number of hydrogen-bond donors (Lipinski definition) is 1. The monoisotopic (exact) mass is 276 g/mol. The van der Waals surface area contributed by atoms with Gasteiger partial charge in [0.2, 0.25) is 0 Å². The third-order valence-electron chi connectivity index (χ3n) is 2.94. The van der Waals surface area contributed by atoms with Crippen LogP contribution in [0.4, 0.5) is 8.78 Å². The molecule has 3 aromatic rings. The maximum absolute atomic E-state index is 13.3. The summed E-state index contributed by atoms with van der Waals surface area (Å²) < 4.78 is 28.7. The Bertz CT molecular complexity index is 813. The number of hydrogen-bond acceptors (Lipinski definition) is 1. The van der Waals surface area contributed by atoms with Gasteiger partial charge in [-0.05, 0) is 49.0 Å². The zero-order chi connectivity index (χ0) is 13.6. The number of aromatic amines is 1. The third-order valence-corrected chi connectivity index (χ3v) is 3.23. The Balaban J connectivity index is 2.36. The van der Waals surface area contributed by atoms with Gasteiger partial charge in [-0.25, -0.2) is 8.78 Å². The van der Waals surface area contributed by atoms with Crippen molar-refractivity contribution >= 4 is 23.3 Å². The fourth-order valence-corrected chi connectivity index (χ4v) is 2.46. The van der Waals surface area contributed by atoms with Crippen LogP contribution in [0.5, 0.6) is 0 Å². The first-order valence-corrected chi connectivity index (χ1v) is 6.13. The summed E-state index contributed by atoms with van der Waals surface area (Å²) in [4.78, 5) is 3.04. The number of fused-ring (bicyclic) bond motifs is 1. The number of aromatic nitrogens is 2. The molecule has 1 heterocycles. The summed E-state index contributed by atoms with van der Waals surface area (Å²) in [5.41, 5.74) is 3.09. The van der Waals surface area contributed by atoms with Gasteiger partial charge in [0.15, 0.2) is 4.77 Å². The van der Waals surface area contributed by atoms with Gasteiger partial charge < -0.3 is 4.98 Å². The van der Waals surface area contributed by atoms with E-state index in [9.17, 15) is 8.78 Å². The van der Waals surface area contributed by atoms with E-state index in [1.54, 1.807) is 4.57 Å². The Morgan fingerprint density at radius 2 is 1.74 bits per heavy atom. The SMILES string of the molecule is Cc1ccc2c(c1)[nH]c(=S)n2-c1cc(F)cc(F)c1. The summed E-state index contributed by atoms with van der Waals surface area (Å²) in [5, 5.41) is 0. The van der Waals surface area contributed by atoms with Gasteiger partial charge in [-0.2, -0.15) is 0 Å². The van der Waals surface area contributed by atoms with Crippen molar-refractivity contribution in [3.63, 3.8) is 0 Å². The summed E-state index contributed by atoms with van der Waals surface area (Å²) in [7, 11) is 0. The fraction of sp³-hybridized carbons (Fsp3) is 0.0714. The molecule has 0 aliphatic carbocycles. The Morgan fingerprint density at radius 3 is 2.42 bits per heavy atom. The smallest absolute Gasteiger partial charge is 0.182 e. The van der Waals surface area contributed by atoms with Crippen LogP contribution in [0, 0.1) is 23.3 Å². The minimum absolute atomic E-state index is 0.373. The van der Waals surface area contributed by atoms with Gasteiger partial charge in [-0.1, -0.05) is 6.07 Å². The Kier molecular flexibility index (Phi) is 2.71. The van der Waals surface area contributed by atoms with E-state index in [4.69, 9.17) is 12.2 Å². The molecule has 0 fully saturated rings. The van der Waals surface area contributed by atoms with E-state index in [0.29, 0.717) is 10.5 Å². The lowest BCUT2D eigenvalue weighted by molar-refractivity contribution is 0.581. The van der Waals surface area contributed by atoms with Crippen LogP contribution in [-0.2, 0) is 0 Å². The highest BCUT2D eigenvalue weighted by Crippen LogP contribution is 2.21. The summed E-state index contributed by atoms with van der Waals surface area (Å²) in [5.74, 6) is -1.25. The number of nitrogens with one attached hydrogen (secondary N) is 1. The molecule has 3 rings (SSSR count). The minimum atomic E-state index is -0.627. The molecule has 0 atom stereocenters. The minimum Gasteiger partial charge on any atom is -0.330 e. The molecule has 0 aliphatic heterocycles. The number of rotatable bonds is 1. The van der Waals surface area contributed by atoms with Gasteiger partial charge in [0.1, 0.15) is 11.6 Å². The topological polar surface area (TPSA) is 20.7 Å². The van der Waals surface area contributed by atoms with Gasteiger partial charge in [-0.3, -0.25) is 4.57 Å². The molecular weight excluding hydrogens is 266 g/mol. The number of aryl methyl sites for hydroxylation is 1. The van der Waals surface area contributed by atoms with Gasteiger partial charge in [0.25, 0.3) is 0 Å². The van der Waals surface area contributed by atoms with E-state index in [1.807, 2.05) is 25.1 Å². The summed E-state index contributed by atoms with van der Waals surface area (Å²) in [6.45, 7) is 1.97. The number of halogens is 2. The lowest BCUT2D eigenvalue weighted by Gasteiger charge is -2.05. The first kappa shape index (κ1) is 12.0. The molecule has 0 aliphatic rings. The number of imidazole rings is 1. The molecule has 2 aromatic carbocycles. The quantitative estimate of drug-likeness (QED) is 0.658. The average Bonchev–Trinajstić information content (AvgIpc) is 2.62. The van der Waals surface area contributed by atoms with Crippen molar-refractivity contribution in [2.75, 3.05) is 0 Å². The number of benzene rings is 2. The van der Waals surface area contributed by atoms with Crippen molar-refractivity contribution < 1.29 is 8.78 Å². The first-order valence-electron chi connectivity index (χ1n) is 5.72. The molecule has 0 radical (unpaired) electrons. The molecule has 0 spiro atoms. The van der Waals surface area contributed by atoms with E-state index in [2.05, 4.69) is 4.98 Å². The molecule has 1 N–H and O–H groups in total. The van der Waals surface area contributed by atoms with Gasteiger partial charge in [0.05, 0.1) is 16.7 Å². The van der Waals surface area contributed by atoms with Crippen molar-refractivity contribution in [1.82, 2.24) is 9.55 Å². The van der Waals surface area contributed by atoms with Crippen molar-refractivity contribution in [3.8, 4) is 5.69 Å². The standard InChI is InChI=1S/C14H10F2N2S/c1-8-2-3-13-12(4-8)17-14(19)18(13)11-6-9(15)5-10(16)7-11/h2-7H,1H3,(H,17,19). The van der Waals surface area contributed by atoms with Crippen molar-refractivity contribution in [2.45, 2.75) is 6.92 Å². The lowest BCUT2D eigenvalue weighted by atomic mass is 10.2. The predicted molar refractivity (Wildman–Crippen MR) is 73.1 cm³/mol. The Hall–Kier alpha value is -2.01. The summed E-state index contributed by atoms with van der Waals surface area (Å²) in [6.07, 6.45) is 0. The molecule has 0 saturated carbocycles. The zero-order valence-electron chi connectivity index (χ0n) is 10.1. The van der Waals surface area contributed by atoms with Gasteiger partial charge >= 0.3 is 0 Å². The maximum atomic E-state index is 13.3. The average molecular weight is 276 g/mol. The lowest BCUT2D eigenvalue weighted by Crippen LogP contribution is -1.96. The number of H-pyrrole nitrogens is 1. The molecule has 0 unspecified atom stereocenters. The van der Waals surface area contributed by atoms with Gasteiger partial charge in [0, 0.05) is 6.07 Å². The van der Waals surface area contributed by atoms with Crippen LogP contribution >= 0.6 is 12.2 Å². The van der Waals surface area contributed by atoms with E-state index < -0.39 is 11.6 Å². The molecule has 1 aromatic heterocycles. The van der Waals surface area contributed by atoms with Crippen molar-refractivity contribution in [3.05, 3.63) is 58.4 Å². The van der Waals surface area contributed by atoms with E-state index in [1.165, 1.54) is 12.1 Å². The Morgan fingerprint density at radius 1 is 1.05 bits per heavy atom. The van der Waals surface area contributed by atoms with Crippen LogP contribution in [0.3, 0.4) is 0 Å². The molecule has 2 nitrogen and oxygen atoms in total. The van der Waals surface area contributed by atoms with Crippen LogP contribution in [0.15, 0.2) is 36.4 Å². The van der Waals surface area contributed by atoms with Crippen LogP contribution in [0.2, 0.25) is 0 Å². The molecule has 5 heteroatoms. The molecule has 96 valence electrons. The predicted octanol–water partition coefficient (Wildman–Crippen LogP) is 4.27. The normalized spacial score (nSPS) is 11.1. The second-order valence-electron chi connectivity index (χ2n) is 4.41. The van der Waals surface area contributed by atoms with Crippen LogP contribution in [0.25, 0.3) is 16.7 Å². The molecule has 0 amide bonds. The molecular formula is C14H10F2N2S. The van der Waals surface area contributed by atoms with Gasteiger partial charge in [-0.15, -0.1) is 0 Å². The summed E-state index contributed by atoms with van der Waals surface area (Å²) >= 11 is 5.23. The van der Waals surface area contributed by atoms with Crippen molar-refractivity contribution in [2.24, 2.45) is 0 Å². The first-order chi connectivity index (χ1) is 9.04. The van der Waals surface area contributed by atoms with Crippen LogP contribution in [-0.4, -0.2) is 9.55 Å².